The number of aromatic nitrogens is 3. The van der Waals surface area contributed by atoms with Crippen LogP contribution >= 0.6 is 11.6 Å². The van der Waals surface area contributed by atoms with Gasteiger partial charge in [-0.3, -0.25) is 19.3 Å². The van der Waals surface area contributed by atoms with E-state index in [1.165, 1.54) is 18.3 Å². The maximum atomic E-state index is 13.3. The molecule has 9 heteroatoms. The van der Waals surface area contributed by atoms with E-state index in [9.17, 15) is 14.0 Å². The minimum absolute atomic E-state index is 0.0756. The van der Waals surface area contributed by atoms with E-state index in [1.54, 1.807) is 29.1 Å². The van der Waals surface area contributed by atoms with E-state index in [0.29, 0.717) is 18.7 Å². The quantitative estimate of drug-likeness (QED) is 0.542. The number of halogens is 2. The van der Waals surface area contributed by atoms with E-state index in [-0.39, 0.29) is 28.6 Å². The lowest BCUT2D eigenvalue weighted by Crippen LogP contribution is -2.31. The van der Waals surface area contributed by atoms with Crippen LogP contribution in [-0.4, -0.2) is 39.2 Å². The molecule has 1 atom stereocenters. The van der Waals surface area contributed by atoms with E-state index in [4.69, 9.17) is 11.6 Å². The van der Waals surface area contributed by atoms with E-state index in [2.05, 4.69) is 20.7 Å². The van der Waals surface area contributed by atoms with Gasteiger partial charge in [-0.25, -0.2) is 4.39 Å². The van der Waals surface area contributed by atoms with Crippen LogP contribution in [0, 0.1) is 5.82 Å². The van der Waals surface area contributed by atoms with E-state index in [1.807, 2.05) is 32.2 Å². The lowest BCUT2D eigenvalue weighted by Gasteiger charge is -2.10. The molecule has 0 aliphatic rings. The van der Waals surface area contributed by atoms with Crippen molar-refractivity contribution in [2.24, 2.45) is 0 Å². The maximum absolute atomic E-state index is 13.3. The van der Waals surface area contributed by atoms with Gasteiger partial charge in [0.25, 0.3) is 11.8 Å². The fourth-order valence-corrected chi connectivity index (χ4v) is 3.12. The predicted octanol–water partition coefficient (Wildman–Crippen LogP) is 3.70. The van der Waals surface area contributed by atoms with Crippen LogP contribution in [0.25, 0.3) is 6.08 Å². The Labute approximate surface area is 190 Å². The van der Waals surface area contributed by atoms with Crippen LogP contribution in [0.15, 0.2) is 55.0 Å². The largest absolute Gasteiger partial charge is 0.351 e. The number of rotatable bonds is 8. The molecule has 2 heterocycles. The van der Waals surface area contributed by atoms with Gasteiger partial charge in [0.05, 0.1) is 17.8 Å². The summed E-state index contributed by atoms with van der Waals surface area (Å²) in [7, 11) is 0. The molecule has 0 saturated carbocycles. The van der Waals surface area contributed by atoms with Gasteiger partial charge in [0.2, 0.25) is 0 Å². The Hall–Kier alpha value is -3.52. The molecule has 0 unspecified atom stereocenters. The summed E-state index contributed by atoms with van der Waals surface area (Å²) >= 11 is 5.82. The molecule has 3 aromatic rings. The molecule has 0 aliphatic carbocycles. The first-order valence-electron chi connectivity index (χ1n) is 10.1. The summed E-state index contributed by atoms with van der Waals surface area (Å²) in [5, 5.41) is 9.88. The minimum Gasteiger partial charge on any atom is -0.351 e. The Balaban J connectivity index is 1.58. The first-order valence-corrected chi connectivity index (χ1v) is 10.4. The highest BCUT2D eigenvalue weighted by Gasteiger charge is 2.12. The molecule has 0 spiro atoms. The Morgan fingerprint density at radius 3 is 2.81 bits per heavy atom. The summed E-state index contributed by atoms with van der Waals surface area (Å²) in [6, 6.07) is 7.31. The minimum atomic E-state index is -0.456. The van der Waals surface area contributed by atoms with Gasteiger partial charge in [-0.2, -0.15) is 5.10 Å². The maximum Gasteiger partial charge on any atom is 0.269 e. The third-order valence-electron chi connectivity index (χ3n) is 4.51. The van der Waals surface area contributed by atoms with Crippen molar-refractivity contribution in [3.05, 3.63) is 88.2 Å². The number of nitrogens with zero attached hydrogens (tertiary/aromatic N) is 3. The van der Waals surface area contributed by atoms with Gasteiger partial charge in [-0.15, -0.1) is 0 Å². The summed E-state index contributed by atoms with van der Waals surface area (Å²) in [6.07, 6.45) is 8.64. The Bertz CT molecular complexity index is 1140. The SMILES string of the molecule is CCNC(=O)c1cc(C(=O)N[C@@H](C)/C=C/c2cnn(Cc3ccc(F)c(Cl)c3)c2)ccn1. The summed E-state index contributed by atoms with van der Waals surface area (Å²) in [5.41, 5.74) is 2.23. The molecule has 2 amide bonds. The Kier molecular flexibility index (Phi) is 7.72. The van der Waals surface area contributed by atoms with Crippen LogP contribution in [-0.2, 0) is 6.54 Å². The molecular formula is C23H23ClFN5O2. The molecule has 0 aliphatic heterocycles. The highest BCUT2D eigenvalue weighted by Crippen LogP contribution is 2.17. The standard InChI is InChI=1S/C23H23ClFN5O2/c1-3-26-23(32)21-11-18(8-9-27-21)22(31)29-15(2)4-5-17-12-28-30(14-17)13-16-6-7-20(25)19(24)10-16/h4-12,14-15H,3,13H2,1-2H3,(H,26,32)(H,29,31)/b5-4+/t15-/m0/s1. The van der Waals surface area contributed by atoms with Gasteiger partial charge in [-0.1, -0.05) is 29.8 Å². The van der Waals surface area contributed by atoms with Crippen molar-refractivity contribution < 1.29 is 14.0 Å². The zero-order chi connectivity index (χ0) is 23.1. The molecule has 32 heavy (non-hydrogen) atoms. The second kappa shape index (κ2) is 10.7. The number of hydrogen-bond acceptors (Lipinski definition) is 4. The van der Waals surface area contributed by atoms with Crippen molar-refractivity contribution in [3.8, 4) is 0 Å². The summed E-state index contributed by atoms with van der Waals surface area (Å²) in [5.74, 6) is -1.09. The fraction of sp³-hybridized carbons (Fsp3) is 0.217. The van der Waals surface area contributed by atoms with Gasteiger partial charge in [-0.05, 0) is 43.7 Å². The van der Waals surface area contributed by atoms with Crippen molar-refractivity contribution in [1.29, 1.82) is 0 Å². The number of carbonyl (C=O) groups is 2. The fourth-order valence-electron chi connectivity index (χ4n) is 2.92. The number of carbonyl (C=O) groups excluding carboxylic acids is 2. The lowest BCUT2D eigenvalue weighted by atomic mass is 10.2. The summed E-state index contributed by atoms with van der Waals surface area (Å²) < 4.78 is 15.0. The van der Waals surface area contributed by atoms with Crippen LogP contribution in [0.1, 0.15) is 45.8 Å². The normalized spacial score (nSPS) is 12.0. The van der Waals surface area contributed by atoms with Crippen LogP contribution in [0.4, 0.5) is 4.39 Å². The number of amides is 2. The van der Waals surface area contributed by atoms with Crippen molar-refractivity contribution in [1.82, 2.24) is 25.4 Å². The van der Waals surface area contributed by atoms with Gasteiger partial charge < -0.3 is 10.6 Å². The first kappa shape index (κ1) is 23.1. The molecule has 0 fully saturated rings. The second-order valence-corrected chi connectivity index (χ2v) is 7.54. The predicted molar refractivity (Wildman–Crippen MR) is 121 cm³/mol. The molecule has 0 saturated heterocycles. The van der Waals surface area contributed by atoms with Crippen molar-refractivity contribution in [2.75, 3.05) is 6.54 Å². The summed E-state index contributed by atoms with van der Waals surface area (Å²) in [6.45, 7) is 4.58. The van der Waals surface area contributed by atoms with Gasteiger partial charge in [0.1, 0.15) is 11.5 Å². The van der Waals surface area contributed by atoms with Gasteiger partial charge >= 0.3 is 0 Å². The molecule has 2 aromatic heterocycles. The van der Waals surface area contributed by atoms with E-state index < -0.39 is 5.82 Å². The van der Waals surface area contributed by atoms with Crippen molar-refractivity contribution in [3.63, 3.8) is 0 Å². The van der Waals surface area contributed by atoms with Crippen LogP contribution < -0.4 is 10.6 Å². The highest BCUT2D eigenvalue weighted by atomic mass is 35.5. The molecule has 7 nitrogen and oxygen atoms in total. The number of hydrogen-bond donors (Lipinski definition) is 2. The second-order valence-electron chi connectivity index (χ2n) is 7.13. The summed E-state index contributed by atoms with van der Waals surface area (Å²) in [4.78, 5) is 28.4. The monoisotopic (exact) mass is 455 g/mol. The smallest absolute Gasteiger partial charge is 0.269 e. The molecule has 2 N–H and O–H groups in total. The third-order valence-corrected chi connectivity index (χ3v) is 4.80. The average Bonchev–Trinajstić information content (AvgIpc) is 3.22. The zero-order valence-corrected chi connectivity index (χ0v) is 18.4. The molecule has 3 rings (SSSR count). The number of pyridine rings is 1. The molecular weight excluding hydrogens is 433 g/mol. The number of benzene rings is 1. The van der Waals surface area contributed by atoms with Gasteiger partial charge in [0, 0.05) is 36.1 Å². The van der Waals surface area contributed by atoms with Crippen LogP contribution in [0.5, 0.6) is 0 Å². The van der Waals surface area contributed by atoms with E-state index in [0.717, 1.165) is 11.1 Å². The third kappa shape index (κ3) is 6.24. The molecule has 0 bridgehead atoms. The van der Waals surface area contributed by atoms with Crippen molar-refractivity contribution >= 4 is 29.5 Å². The Morgan fingerprint density at radius 1 is 1.25 bits per heavy atom. The topological polar surface area (TPSA) is 88.9 Å². The first-order chi connectivity index (χ1) is 15.4. The molecule has 1 aromatic carbocycles. The molecule has 166 valence electrons. The highest BCUT2D eigenvalue weighted by molar-refractivity contribution is 6.30. The zero-order valence-electron chi connectivity index (χ0n) is 17.7. The lowest BCUT2D eigenvalue weighted by molar-refractivity contribution is 0.0947. The van der Waals surface area contributed by atoms with Crippen molar-refractivity contribution in [2.45, 2.75) is 26.4 Å². The van der Waals surface area contributed by atoms with Crippen LogP contribution in [0.2, 0.25) is 5.02 Å². The number of nitrogens with one attached hydrogen (secondary N) is 2. The molecule has 0 radical (unpaired) electrons. The Morgan fingerprint density at radius 2 is 2.06 bits per heavy atom. The average molecular weight is 456 g/mol. The van der Waals surface area contributed by atoms with E-state index >= 15 is 0 Å². The van der Waals surface area contributed by atoms with Gasteiger partial charge in [0.15, 0.2) is 0 Å². The van der Waals surface area contributed by atoms with Crippen LogP contribution in [0.3, 0.4) is 0 Å².